The van der Waals surface area contributed by atoms with E-state index in [0.29, 0.717) is 12.1 Å². The fraction of sp³-hybridized carbons (Fsp3) is 0.278. The van der Waals surface area contributed by atoms with Gasteiger partial charge in [0.1, 0.15) is 0 Å². The van der Waals surface area contributed by atoms with E-state index in [9.17, 15) is 13.5 Å². The minimum absolute atomic E-state index is 0.0111. The minimum atomic E-state index is -3.80. The summed E-state index contributed by atoms with van der Waals surface area (Å²) in [5.74, 6) is 0. The van der Waals surface area contributed by atoms with E-state index in [2.05, 4.69) is 0 Å². The van der Waals surface area contributed by atoms with Gasteiger partial charge in [0, 0.05) is 0 Å². The number of sulfonamides is 1. The molecular weight excluding hydrogens is 324 g/mol. The summed E-state index contributed by atoms with van der Waals surface area (Å²) in [4.78, 5) is 0.136. The van der Waals surface area contributed by atoms with Gasteiger partial charge in [-0.2, -0.15) is 5.26 Å². The van der Waals surface area contributed by atoms with Crippen LogP contribution < -0.4 is 4.31 Å². The number of nitrogens with zero attached hydrogens (tertiary/aromatic N) is 2. The Labute approximate surface area is 142 Å². The number of nitriles is 1. The Bertz CT molecular complexity index is 796. The number of benzene rings is 2. The molecule has 0 aliphatic rings. The van der Waals surface area contributed by atoms with Crippen molar-refractivity contribution in [3.8, 4) is 6.07 Å². The molecule has 0 saturated heterocycles. The molecular formula is C18H20N2O3S. The third kappa shape index (κ3) is 4.13. The molecule has 0 aromatic heterocycles. The molecule has 126 valence electrons. The molecule has 0 saturated carbocycles. The predicted octanol–water partition coefficient (Wildman–Crippen LogP) is 2.72. The molecule has 1 atom stereocenters. The van der Waals surface area contributed by atoms with Gasteiger partial charge in [0.15, 0.2) is 0 Å². The molecule has 0 spiro atoms. The van der Waals surface area contributed by atoms with E-state index in [1.807, 2.05) is 6.07 Å². The van der Waals surface area contributed by atoms with Crippen molar-refractivity contribution < 1.29 is 13.5 Å². The van der Waals surface area contributed by atoms with Crippen molar-refractivity contribution in [3.63, 3.8) is 0 Å². The second-order valence-electron chi connectivity index (χ2n) is 5.41. The second kappa shape index (κ2) is 7.95. The van der Waals surface area contributed by atoms with Crippen molar-refractivity contribution in [1.82, 2.24) is 0 Å². The van der Waals surface area contributed by atoms with Crippen LogP contribution in [0.2, 0.25) is 0 Å². The monoisotopic (exact) mass is 344 g/mol. The molecule has 24 heavy (non-hydrogen) atoms. The molecule has 2 aromatic carbocycles. The van der Waals surface area contributed by atoms with Crippen LogP contribution in [0.25, 0.3) is 0 Å². The average molecular weight is 344 g/mol. The van der Waals surface area contributed by atoms with Crippen LogP contribution >= 0.6 is 0 Å². The van der Waals surface area contributed by atoms with Crippen LogP contribution in [0.5, 0.6) is 0 Å². The van der Waals surface area contributed by atoms with E-state index in [0.717, 1.165) is 5.56 Å². The van der Waals surface area contributed by atoms with Crippen molar-refractivity contribution in [2.75, 3.05) is 10.8 Å². The first-order chi connectivity index (χ1) is 11.5. The Morgan fingerprint density at radius 3 is 2.29 bits per heavy atom. The number of para-hydroxylation sites is 1. The third-order valence-corrected chi connectivity index (χ3v) is 5.49. The molecule has 0 radical (unpaired) electrons. The van der Waals surface area contributed by atoms with Crippen LogP contribution in [0.1, 0.15) is 18.9 Å². The van der Waals surface area contributed by atoms with Gasteiger partial charge in [0.2, 0.25) is 0 Å². The fourth-order valence-electron chi connectivity index (χ4n) is 2.25. The first-order valence-electron chi connectivity index (χ1n) is 7.70. The van der Waals surface area contributed by atoms with Gasteiger partial charge in [0.25, 0.3) is 10.0 Å². The SMILES string of the molecule is CCC(O)CN(c1ccccc1)S(=O)(=O)c1ccc(CC#N)cc1. The van der Waals surface area contributed by atoms with E-state index in [1.165, 1.54) is 16.4 Å². The van der Waals surface area contributed by atoms with E-state index < -0.39 is 16.1 Å². The fourth-order valence-corrected chi connectivity index (χ4v) is 3.76. The maximum absolute atomic E-state index is 13.0. The molecule has 0 bridgehead atoms. The minimum Gasteiger partial charge on any atom is -0.391 e. The van der Waals surface area contributed by atoms with Crippen molar-refractivity contribution in [1.29, 1.82) is 5.26 Å². The van der Waals surface area contributed by atoms with Crippen LogP contribution in [0.15, 0.2) is 59.5 Å². The normalized spacial score (nSPS) is 12.4. The summed E-state index contributed by atoms with van der Waals surface area (Å²) in [7, 11) is -3.80. The van der Waals surface area contributed by atoms with E-state index >= 15 is 0 Å². The van der Waals surface area contributed by atoms with Crippen molar-refractivity contribution in [3.05, 3.63) is 60.2 Å². The molecule has 0 aliphatic carbocycles. The molecule has 0 heterocycles. The van der Waals surface area contributed by atoms with E-state index in [1.54, 1.807) is 49.4 Å². The number of aliphatic hydroxyl groups excluding tert-OH is 1. The summed E-state index contributed by atoms with van der Waals surface area (Å²) < 4.78 is 27.2. The van der Waals surface area contributed by atoms with E-state index in [4.69, 9.17) is 5.26 Å². The largest absolute Gasteiger partial charge is 0.391 e. The van der Waals surface area contributed by atoms with Gasteiger partial charge < -0.3 is 5.11 Å². The van der Waals surface area contributed by atoms with Crippen molar-refractivity contribution in [2.45, 2.75) is 30.8 Å². The Kier molecular flexibility index (Phi) is 5.96. The number of rotatable bonds is 7. The zero-order valence-corrected chi connectivity index (χ0v) is 14.3. The number of aliphatic hydroxyl groups is 1. The van der Waals surface area contributed by atoms with Gasteiger partial charge >= 0.3 is 0 Å². The molecule has 1 unspecified atom stereocenters. The molecule has 0 aliphatic heterocycles. The van der Waals surface area contributed by atoms with Gasteiger partial charge in [0.05, 0.1) is 35.7 Å². The molecule has 2 rings (SSSR count). The lowest BCUT2D eigenvalue weighted by Gasteiger charge is -2.26. The smallest absolute Gasteiger partial charge is 0.264 e. The molecule has 0 amide bonds. The van der Waals surface area contributed by atoms with Gasteiger partial charge in [-0.3, -0.25) is 4.31 Å². The zero-order chi connectivity index (χ0) is 17.6. The Morgan fingerprint density at radius 1 is 1.12 bits per heavy atom. The maximum Gasteiger partial charge on any atom is 0.264 e. The van der Waals surface area contributed by atoms with Crippen LogP contribution in [0, 0.1) is 11.3 Å². The summed E-state index contributed by atoms with van der Waals surface area (Å²) in [6.07, 6.45) is -0.0603. The maximum atomic E-state index is 13.0. The van der Waals surface area contributed by atoms with Gasteiger partial charge in [-0.05, 0) is 36.2 Å². The second-order valence-corrected chi connectivity index (χ2v) is 7.27. The summed E-state index contributed by atoms with van der Waals surface area (Å²) in [5, 5.41) is 18.7. The summed E-state index contributed by atoms with van der Waals surface area (Å²) in [6, 6.07) is 17.0. The van der Waals surface area contributed by atoms with Crippen molar-refractivity contribution >= 4 is 15.7 Å². The summed E-state index contributed by atoms with van der Waals surface area (Å²) >= 11 is 0. The Morgan fingerprint density at radius 2 is 1.75 bits per heavy atom. The molecule has 5 nitrogen and oxygen atoms in total. The summed E-state index contributed by atoms with van der Waals surface area (Å²) in [5.41, 5.74) is 1.27. The number of anilines is 1. The Hall–Kier alpha value is -2.36. The number of hydrogen-bond acceptors (Lipinski definition) is 4. The lowest BCUT2D eigenvalue weighted by atomic mass is 10.2. The predicted molar refractivity (Wildman–Crippen MR) is 93.0 cm³/mol. The average Bonchev–Trinajstić information content (AvgIpc) is 2.60. The molecule has 0 fully saturated rings. The lowest BCUT2D eigenvalue weighted by molar-refractivity contribution is 0.179. The topological polar surface area (TPSA) is 81.4 Å². The quantitative estimate of drug-likeness (QED) is 0.837. The van der Waals surface area contributed by atoms with Crippen LogP contribution in [0.4, 0.5) is 5.69 Å². The van der Waals surface area contributed by atoms with Crippen LogP contribution in [-0.4, -0.2) is 26.2 Å². The molecule has 6 heteroatoms. The highest BCUT2D eigenvalue weighted by atomic mass is 32.2. The van der Waals surface area contributed by atoms with Crippen molar-refractivity contribution in [2.24, 2.45) is 0 Å². The highest BCUT2D eigenvalue weighted by Crippen LogP contribution is 2.24. The standard InChI is InChI=1S/C18H20N2O3S/c1-2-17(21)14-20(16-6-4-3-5-7-16)24(22,23)18-10-8-15(9-11-18)12-13-19/h3-11,17,21H,2,12,14H2,1H3. The number of hydrogen-bond donors (Lipinski definition) is 1. The third-order valence-electron chi connectivity index (χ3n) is 3.69. The zero-order valence-electron chi connectivity index (χ0n) is 13.5. The van der Waals surface area contributed by atoms with Gasteiger partial charge in [-0.25, -0.2) is 8.42 Å². The summed E-state index contributed by atoms with van der Waals surface area (Å²) in [6.45, 7) is 1.79. The lowest BCUT2D eigenvalue weighted by Crippen LogP contribution is -2.37. The van der Waals surface area contributed by atoms with Crippen LogP contribution in [0.3, 0.4) is 0 Å². The van der Waals surface area contributed by atoms with E-state index in [-0.39, 0.29) is 17.9 Å². The Balaban J connectivity index is 2.41. The highest BCUT2D eigenvalue weighted by molar-refractivity contribution is 7.92. The molecule has 1 N–H and O–H groups in total. The van der Waals surface area contributed by atoms with Gasteiger partial charge in [-0.15, -0.1) is 0 Å². The van der Waals surface area contributed by atoms with Gasteiger partial charge in [-0.1, -0.05) is 37.3 Å². The highest BCUT2D eigenvalue weighted by Gasteiger charge is 2.26. The first-order valence-corrected chi connectivity index (χ1v) is 9.14. The van der Waals surface area contributed by atoms with Crippen LogP contribution in [-0.2, 0) is 16.4 Å². The first kappa shape index (κ1) is 18.0. The molecule has 2 aromatic rings.